The third kappa shape index (κ3) is 5.31. The van der Waals surface area contributed by atoms with E-state index < -0.39 is 11.9 Å². The number of methoxy groups -OCH3 is 2. The number of aromatic nitrogens is 1. The minimum atomic E-state index is -0.630. The zero-order valence-corrected chi connectivity index (χ0v) is 18.5. The van der Waals surface area contributed by atoms with Crippen molar-refractivity contribution in [1.82, 2.24) is 4.98 Å². The first kappa shape index (κ1) is 21.7. The molecule has 7 nitrogen and oxygen atoms in total. The molecule has 3 rings (SSSR count). The van der Waals surface area contributed by atoms with Gasteiger partial charge < -0.3 is 14.8 Å². The topological polar surface area (TPSA) is 94.6 Å². The second kappa shape index (κ2) is 9.64. The Morgan fingerprint density at radius 1 is 1.03 bits per heavy atom. The zero-order valence-electron chi connectivity index (χ0n) is 16.1. The Hall–Kier alpha value is -3.04. The van der Waals surface area contributed by atoms with Crippen molar-refractivity contribution in [3.8, 4) is 10.6 Å². The van der Waals surface area contributed by atoms with Gasteiger partial charge in [0.15, 0.2) is 0 Å². The van der Waals surface area contributed by atoms with E-state index in [1.807, 2.05) is 29.6 Å². The molecule has 1 heterocycles. The van der Waals surface area contributed by atoms with Crippen LogP contribution in [0.2, 0.25) is 0 Å². The molecule has 2 aromatic carbocycles. The lowest BCUT2D eigenvalue weighted by Gasteiger charge is -2.09. The number of nitrogens with zero attached hydrogens (tertiary/aromatic N) is 1. The zero-order chi connectivity index (χ0) is 21.7. The Balaban J connectivity index is 1.76. The summed E-state index contributed by atoms with van der Waals surface area (Å²) in [6.07, 6.45) is 0.0422. The maximum atomic E-state index is 12.5. The van der Waals surface area contributed by atoms with Crippen LogP contribution in [0, 0.1) is 0 Å². The molecule has 0 radical (unpaired) electrons. The Kier molecular flexibility index (Phi) is 6.96. The quantitative estimate of drug-likeness (QED) is 0.519. The molecule has 0 aliphatic carbocycles. The van der Waals surface area contributed by atoms with Crippen molar-refractivity contribution in [2.24, 2.45) is 0 Å². The van der Waals surface area contributed by atoms with Crippen LogP contribution in [0.1, 0.15) is 26.4 Å². The highest BCUT2D eigenvalue weighted by atomic mass is 79.9. The average Bonchev–Trinajstić information content (AvgIpc) is 3.20. The molecule has 0 bridgehead atoms. The molecule has 0 aliphatic heterocycles. The van der Waals surface area contributed by atoms with Crippen molar-refractivity contribution < 1.29 is 23.9 Å². The van der Waals surface area contributed by atoms with Gasteiger partial charge in [0.2, 0.25) is 5.91 Å². The summed E-state index contributed by atoms with van der Waals surface area (Å²) in [5, 5.41) is 5.32. The number of esters is 2. The Morgan fingerprint density at radius 2 is 1.70 bits per heavy atom. The number of anilines is 1. The molecule has 0 unspecified atom stereocenters. The monoisotopic (exact) mass is 488 g/mol. The number of halogens is 1. The smallest absolute Gasteiger partial charge is 0.337 e. The Morgan fingerprint density at radius 3 is 2.30 bits per heavy atom. The predicted octanol–water partition coefficient (Wildman–Crippen LogP) is 4.33. The van der Waals surface area contributed by atoms with Crippen LogP contribution in [0.3, 0.4) is 0 Å². The highest BCUT2D eigenvalue weighted by Gasteiger charge is 2.16. The van der Waals surface area contributed by atoms with Crippen LogP contribution in [0.25, 0.3) is 10.6 Å². The van der Waals surface area contributed by atoms with Crippen molar-refractivity contribution in [2.75, 3.05) is 19.5 Å². The third-order valence-corrected chi connectivity index (χ3v) is 5.46. The number of thiazole rings is 1. The molecule has 0 aliphatic rings. The number of benzene rings is 2. The molecular weight excluding hydrogens is 472 g/mol. The van der Waals surface area contributed by atoms with E-state index in [4.69, 9.17) is 9.47 Å². The van der Waals surface area contributed by atoms with E-state index in [0.29, 0.717) is 5.69 Å². The summed E-state index contributed by atoms with van der Waals surface area (Å²) in [6.45, 7) is 0. The van der Waals surface area contributed by atoms with E-state index in [2.05, 4.69) is 26.2 Å². The van der Waals surface area contributed by atoms with Crippen LogP contribution < -0.4 is 5.32 Å². The average molecular weight is 489 g/mol. The number of carbonyl (C=O) groups excluding carboxylic acids is 3. The lowest BCUT2D eigenvalue weighted by molar-refractivity contribution is -0.115. The largest absolute Gasteiger partial charge is 0.465 e. The molecule has 0 saturated heterocycles. The van der Waals surface area contributed by atoms with Gasteiger partial charge in [0, 0.05) is 21.1 Å². The van der Waals surface area contributed by atoms with E-state index in [-0.39, 0.29) is 29.1 Å². The van der Waals surface area contributed by atoms with Crippen molar-refractivity contribution in [1.29, 1.82) is 0 Å². The van der Waals surface area contributed by atoms with Crippen LogP contribution in [0.15, 0.2) is 52.3 Å². The third-order valence-electron chi connectivity index (χ3n) is 4.02. The summed E-state index contributed by atoms with van der Waals surface area (Å²) < 4.78 is 10.3. The van der Waals surface area contributed by atoms with Gasteiger partial charge in [-0.25, -0.2) is 14.6 Å². The van der Waals surface area contributed by atoms with Gasteiger partial charge in [0.25, 0.3) is 0 Å². The highest BCUT2D eigenvalue weighted by molar-refractivity contribution is 9.10. The molecule has 9 heteroatoms. The van der Waals surface area contributed by atoms with Gasteiger partial charge in [0.05, 0.1) is 37.5 Å². The second-order valence-electron chi connectivity index (χ2n) is 6.16. The molecule has 0 atom stereocenters. The standard InChI is InChI=1S/C21H17BrN2O5S/c1-28-20(26)13-6-14(21(27)29-2)9-16(8-13)23-18(25)10-17-11-30-19(24-17)12-4-3-5-15(22)7-12/h3-9,11H,10H2,1-2H3,(H,23,25). The summed E-state index contributed by atoms with van der Waals surface area (Å²) >= 11 is 4.88. The predicted molar refractivity (Wildman–Crippen MR) is 117 cm³/mol. The first-order valence-electron chi connectivity index (χ1n) is 8.71. The van der Waals surface area contributed by atoms with Crippen LogP contribution in [0.5, 0.6) is 0 Å². The van der Waals surface area contributed by atoms with Crippen LogP contribution in [0.4, 0.5) is 5.69 Å². The first-order chi connectivity index (χ1) is 14.4. The minimum absolute atomic E-state index is 0.0422. The number of ether oxygens (including phenoxy) is 2. The van der Waals surface area contributed by atoms with Gasteiger partial charge in [-0.1, -0.05) is 28.1 Å². The summed E-state index contributed by atoms with van der Waals surface area (Å²) in [6, 6.07) is 12.0. The lowest BCUT2D eigenvalue weighted by atomic mass is 10.1. The van der Waals surface area contributed by atoms with Gasteiger partial charge in [-0.15, -0.1) is 11.3 Å². The fourth-order valence-corrected chi connectivity index (χ4v) is 3.90. The van der Waals surface area contributed by atoms with E-state index in [1.54, 1.807) is 0 Å². The molecule has 1 amide bonds. The molecular formula is C21H17BrN2O5S. The van der Waals surface area contributed by atoms with Gasteiger partial charge >= 0.3 is 11.9 Å². The molecule has 1 N–H and O–H groups in total. The number of nitrogens with one attached hydrogen (secondary N) is 1. The molecule has 154 valence electrons. The normalized spacial score (nSPS) is 10.4. The number of carbonyl (C=O) groups is 3. The minimum Gasteiger partial charge on any atom is -0.465 e. The molecule has 0 fully saturated rings. The van der Waals surface area contributed by atoms with Crippen LogP contribution in [-0.4, -0.2) is 37.0 Å². The van der Waals surface area contributed by atoms with Gasteiger partial charge in [-0.3, -0.25) is 4.79 Å². The summed E-state index contributed by atoms with van der Waals surface area (Å²) in [4.78, 5) is 40.7. The van der Waals surface area contributed by atoms with E-state index in [0.717, 1.165) is 15.0 Å². The van der Waals surface area contributed by atoms with Gasteiger partial charge in [-0.05, 0) is 30.3 Å². The Labute approximate surface area is 185 Å². The number of hydrogen-bond acceptors (Lipinski definition) is 7. The van der Waals surface area contributed by atoms with E-state index >= 15 is 0 Å². The van der Waals surface area contributed by atoms with Gasteiger partial charge in [0.1, 0.15) is 5.01 Å². The number of hydrogen-bond donors (Lipinski definition) is 1. The first-order valence-corrected chi connectivity index (χ1v) is 10.4. The Bertz CT molecular complexity index is 1080. The fraction of sp³-hybridized carbons (Fsp3) is 0.143. The van der Waals surface area contributed by atoms with Crippen molar-refractivity contribution in [2.45, 2.75) is 6.42 Å². The molecule has 1 aromatic heterocycles. The molecule has 30 heavy (non-hydrogen) atoms. The maximum Gasteiger partial charge on any atom is 0.337 e. The SMILES string of the molecule is COC(=O)c1cc(NC(=O)Cc2csc(-c3cccc(Br)c3)n2)cc(C(=O)OC)c1. The van der Waals surface area contributed by atoms with Crippen molar-refractivity contribution >= 4 is 50.8 Å². The van der Waals surface area contributed by atoms with Crippen molar-refractivity contribution in [3.05, 3.63) is 69.1 Å². The van der Waals surface area contributed by atoms with Crippen molar-refractivity contribution in [3.63, 3.8) is 0 Å². The molecule has 0 spiro atoms. The summed E-state index contributed by atoms with van der Waals surface area (Å²) in [5.74, 6) is -1.59. The number of rotatable bonds is 6. The number of amides is 1. The molecule has 0 saturated carbocycles. The maximum absolute atomic E-state index is 12.5. The van der Waals surface area contributed by atoms with E-state index in [1.165, 1.54) is 43.8 Å². The fourth-order valence-electron chi connectivity index (χ4n) is 2.68. The highest BCUT2D eigenvalue weighted by Crippen LogP contribution is 2.26. The van der Waals surface area contributed by atoms with Crippen LogP contribution in [-0.2, 0) is 20.7 Å². The summed E-state index contributed by atoms with van der Waals surface area (Å²) in [5.41, 5.74) is 2.10. The molecule has 3 aromatic rings. The lowest BCUT2D eigenvalue weighted by Crippen LogP contribution is -2.16. The van der Waals surface area contributed by atoms with E-state index in [9.17, 15) is 14.4 Å². The second-order valence-corrected chi connectivity index (χ2v) is 7.94. The van der Waals surface area contributed by atoms with Gasteiger partial charge in [-0.2, -0.15) is 0 Å². The van der Waals surface area contributed by atoms with Crippen LogP contribution >= 0.6 is 27.3 Å². The summed E-state index contributed by atoms with van der Waals surface area (Å²) in [7, 11) is 2.47.